The van der Waals surface area contributed by atoms with E-state index in [1.54, 1.807) is 0 Å². The molecule has 0 amide bonds. The maximum absolute atomic E-state index is 13.1. The number of ether oxygens (including phenoxy) is 2. The van der Waals surface area contributed by atoms with E-state index >= 15 is 0 Å². The molecule has 8 nitrogen and oxygen atoms in total. The van der Waals surface area contributed by atoms with Crippen molar-refractivity contribution in [3.63, 3.8) is 0 Å². The van der Waals surface area contributed by atoms with Gasteiger partial charge in [-0.15, -0.1) is 0 Å². The lowest BCUT2D eigenvalue weighted by Crippen LogP contribution is -2.50. The van der Waals surface area contributed by atoms with E-state index in [4.69, 9.17) is 22.4 Å². The van der Waals surface area contributed by atoms with Crippen LogP contribution >= 0.6 is 0 Å². The van der Waals surface area contributed by atoms with Crippen LogP contribution in [0.2, 0.25) is 26.2 Å². The topological polar surface area (TPSA) is 86.7 Å². The van der Waals surface area contributed by atoms with Gasteiger partial charge in [-0.2, -0.15) is 0 Å². The molecule has 0 aliphatic carbocycles. The molecule has 0 spiro atoms. The van der Waals surface area contributed by atoms with E-state index in [9.17, 15) is 9.90 Å². The molecular formula is C52H109NO7Si2. The molecule has 0 aliphatic rings. The molecule has 2 unspecified atom stereocenters. The molecule has 372 valence electrons. The van der Waals surface area contributed by atoms with Crippen LogP contribution in [0.5, 0.6) is 0 Å². The summed E-state index contributed by atoms with van der Waals surface area (Å²) in [4.78, 5) is 15.7. The average Bonchev–Trinajstić information content (AvgIpc) is 3.23. The molecule has 0 aromatic rings. The molecule has 62 heavy (non-hydrogen) atoms. The molecule has 0 bridgehead atoms. The number of unbranched alkanes of at least 4 members (excludes halogenated alkanes) is 24. The van der Waals surface area contributed by atoms with Crippen molar-refractivity contribution in [3.8, 4) is 0 Å². The number of hydrogen-bond acceptors (Lipinski definition) is 8. The van der Waals surface area contributed by atoms with Crippen molar-refractivity contribution in [3.05, 3.63) is 0 Å². The smallest absolute Gasteiger partial charge is 0.324 e. The molecule has 0 aliphatic heterocycles. The minimum atomic E-state index is -2.48. The molecule has 0 saturated heterocycles. The summed E-state index contributed by atoms with van der Waals surface area (Å²) < 4.78 is 32.2. The molecule has 0 rings (SSSR count). The Bertz CT molecular complexity index is 943. The molecule has 0 saturated carbocycles. The monoisotopic (exact) mass is 916 g/mol. The summed E-state index contributed by atoms with van der Waals surface area (Å²) in [6.45, 7) is 23.3. The summed E-state index contributed by atoms with van der Waals surface area (Å²) in [7, 11) is -4.79. The van der Waals surface area contributed by atoms with Gasteiger partial charge in [-0.3, -0.25) is 4.79 Å². The number of aliphatic hydroxyl groups excluding tert-OH is 1. The van der Waals surface area contributed by atoms with Gasteiger partial charge in [-0.25, -0.2) is 0 Å². The molecule has 0 aromatic carbocycles. The summed E-state index contributed by atoms with van der Waals surface area (Å²) in [5.41, 5.74) is 0. The Balaban J connectivity index is 4.85. The zero-order valence-electron chi connectivity index (χ0n) is 43.0. The molecule has 0 fully saturated rings. The van der Waals surface area contributed by atoms with Crippen LogP contribution in [0.4, 0.5) is 0 Å². The van der Waals surface area contributed by atoms with Crippen molar-refractivity contribution >= 4 is 23.1 Å². The molecule has 0 aromatic heterocycles. The maximum Gasteiger partial charge on any atom is 0.324 e. The van der Waals surface area contributed by atoms with Gasteiger partial charge >= 0.3 is 23.1 Å². The standard InChI is InChI=1S/C52H109NO7Si2/c1-9-13-17-21-24-31-41-50(40-30-20-16-12-4)52(55)57-48-38-28-25-33-43-53(45-35-36-46-54)44-34-29-32-42-51(56-47-37-26-22-18-14-10-2)59-62(7,8)60-61(5,6)58-49-39-27-23-19-15-11-3/h50-51,54H,9-49H2,1-8H3. The van der Waals surface area contributed by atoms with Crippen LogP contribution in [0.15, 0.2) is 0 Å². The van der Waals surface area contributed by atoms with E-state index in [1.807, 2.05) is 0 Å². The van der Waals surface area contributed by atoms with Crippen LogP contribution in [-0.2, 0) is 27.2 Å². The van der Waals surface area contributed by atoms with Crippen LogP contribution in [0.25, 0.3) is 0 Å². The second-order valence-electron chi connectivity index (χ2n) is 19.5. The second-order valence-corrected chi connectivity index (χ2v) is 26.5. The SMILES string of the molecule is CCCCCCCCOC(CCCCCN(CCCCO)CCCCCCOC(=O)C(CCCCCC)CCCCCCCC)O[Si](C)(C)O[Si](C)(C)OCCCCCCCC. The Morgan fingerprint density at radius 2 is 0.871 bits per heavy atom. The second kappa shape index (κ2) is 44.5. The summed E-state index contributed by atoms with van der Waals surface area (Å²) in [5, 5.41) is 9.45. The Morgan fingerprint density at radius 3 is 1.40 bits per heavy atom. The van der Waals surface area contributed by atoms with Gasteiger partial charge in [0.25, 0.3) is 0 Å². The van der Waals surface area contributed by atoms with E-state index in [0.717, 1.165) is 136 Å². The highest BCUT2D eigenvalue weighted by Gasteiger charge is 2.38. The van der Waals surface area contributed by atoms with Crippen molar-refractivity contribution in [2.75, 3.05) is 46.1 Å². The van der Waals surface area contributed by atoms with Gasteiger partial charge in [0.05, 0.1) is 12.5 Å². The number of hydrogen-bond donors (Lipinski definition) is 1. The predicted octanol–water partition coefficient (Wildman–Crippen LogP) is 15.6. The first-order chi connectivity index (χ1) is 30.0. The molecule has 1 N–H and O–H groups in total. The minimum absolute atomic E-state index is 0.0563. The lowest BCUT2D eigenvalue weighted by molar-refractivity contribution is -0.149. The van der Waals surface area contributed by atoms with Gasteiger partial charge in [-0.1, -0.05) is 175 Å². The molecule has 2 atom stereocenters. The molecule has 0 radical (unpaired) electrons. The van der Waals surface area contributed by atoms with Crippen LogP contribution in [-0.4, -0.2) is 85.4 Å². The zero-order chi connectivity index (χ0) is 45.8. The Labute approximate surface area is 389 Å². The Hall–Kier alpha value is -0.336. The zero-order valence-corrected chi connectivity index (χ0v) is 45.0. The van der Waals surface area contributed by atoms with E-state index in [-0.39, 0.29) is 24.8 Å². The highest BCUT2D eigenvalue weighted by Crippen LogP contribution is 2.23. The van der Waals surface area contributed by atoms with Crippen molar-refractivity contribution < 1.29 is 32.3 Å². The van der Waals surface area contributed by atoms with Gasteiger partial charge in [0.1, 0.15) is 6.29 Å². The summed E-state index contributed by atoms with van der Waals surface area (Å²) >= 11 is 0. The van der Waals surface area contributed by atoms with Crippen molar-refractivity contribution in [1.29, 1.82) is 0 Å². The Kier molecular flexibility index (Phi) is 44.3. The summed E-state index contributed by atoms with van der Waals surface area (Å²) in [5.74, 6) is 0.142. The Morgan fingerprint density at radius 1 is 0.468 bits per heavy atom. The van der Waals surface area contributed by atoms with E-state index in [2.05, 4.69) is 58.8 Å². The number of esters is 1. The van der Waals surface area contributed by atoms with Crippen LogP contribution < -0.4 is 0 Å². The third-order valence-electron chi connectivity index (χ3n) is 12.2. The van der Waals surface area contributed by atoms with Gasteiger partial charge in [0, 0.05) is 19.8 Å². The van der Waals surface area contributed by atoms with Gasteiger partial charge < -0.3 is 32.4 Å². The lowest BCUT2D eigenvalue weighted by Gasteiger charge is -2.35. The van der Waals surface area contributed by atoms with E-state index < -0.39 is 17.1 Å². The largest absolute Gasteiger partial charge is 0.465 e. The van der Waals surface area contributed by atoms with Crippen molar-refractivity contribution in [1.82, 2.24) is 4.90 Å². The molecule has 10 heteroatoms. The van der Waals surface area contributed by atoms with Crippen molar-refractivity contribution in [2.45, 2.75) is 278 Å². The van der Waals surface area contributed by atoms with Crippen LogP contribution in [0.1, 0.15) is 246 Å². The fraction of sp³-hybridized carbons (Fsp3) is 0.981. The lowest BCUT2D eigenvalue weighted by atomic mass is 9.94. The number of carbonyl (C=O) groups is 1. The highest BCUT2D eigenvalue weighted by atomic mass is 28.5. The molecule has 0 heterocycles. The van der Waals surface area contributed by atoms with Crippen LogP contribution in [0.3, 0.4) is 0 Å². The summed E-state index contributed by atoms with van der Waals surface area (Å²) in [6, 6.07) is 0. The summed E-state index contributed by atoms with van der Waals surface area (Å²) in [6.07, 6.45) is 39.8. The van der Waals surface area contributed by atoms with E-state index in [1.165, 1.54) is 116 Å². The first-order valence-electron chi connectivity index (χ1n) is 27.2. The minimum Gasteiger partial charge on any atom is -0.465 e. The number of carbonyl (C=O) groups excluding carboxylic acids is 1. The average molecular weight is 917 g/mol. The molecular weight excluding hydrogens is 807 g/mol. The fourth-order valence-electron chi connectivity index (χ4n) is 8.49. The van der Waals surface area contributed by atoms with Gasteiger partial charge in [-0.05, 0) is 116 Å². The quantitative estimate of drug-likeness (QED) is 0.0279. The number of aliphatic hydroxyl groups is 1. The van der Waals surface area contributed by atoms with Gasteiger partial charge in [0.15, 0.2) is 0 Å². The normalized spacial score (nSPS) is 13.3. The van der Waals surface area contributed by atoms with Crippen LogP contribution in [0, 0.1) is 5.92 Å². The third-order valence-corrected chi connectivity index (χ3v) is 17.9. The maximum atomic E-state index is 13.1. The van der Waals surface area contributed by atoms with E-state index in [0.29, 0.717) is 6.61 Å². The van der Waals surface area contributed by atoms with Crippen molar-refractivity contribution in [2.24, 2.45) is 5.92 Å². The highest BCUT2D eigenvalue weighted by molar-refractivity contribution is 6.78. The fourth-order valence-corrected chi connectivity index (χ4v) is 15.1. The van der Waals surface area contributed by atoms with Gasteiger partial charge in [0.2, 0.25) is 0 Å². The third kappa shape index (κ3) is 41.1. The number of rotatable bonds is 50. The number of nitrogens with zero attached hydrogens (tertiary/aromatic N) is 1. The predicted molar refractivity (Wildman–Crippen MR) is 270 cm³/mol. The first-order valence-corrected chi connectivity index (χ1v) is 32.8. The first kappa shape index (κ1) is 61.7.